The van der Waals surface area contributed by atoms with Crippen molar-refractivity contribution in [1.29, 1.82) is 0 Å². The molecule has 0 aromatic heterocycles. The van der Waals surface area contributed by atoms with Crippen LogP contribution in [0.3, 0.4) is 0 Å². The second kappa shape index (κ2) is 6.21. The van der Waals surface area contributed by atoms with Gasteiger partial charge in [0, 0.05) is 12.1 Å². The number of benzene rings is 2. The summed E-state index contributed by atoms with van der Waals surface area (Å²) in [5.41, 5.74) is 6.89. The number of oxime groups is 1. The van der Waals surface area contributed by atoms with Gasteiger partial charge in [-0.25, -0.2) is 8.78 Å². The molecule has 0 unspecified atom stereocenters. The van der Waals surface area contributed by atoms with Gasteiger partial charge in [-0.05, 0) is 24.1 Å². The fourth-order valence-electron chi connectivity index (χ4n) is 1.98. The summed E-state index contributed by atoms with van der Waals surface area (Å²) in [6.45, 7) is 1.70. The fourth-order valence-corrected chi connectivity index (χ4v) is 1.98. The number of hydrogen-bond acceptors (Lipinski definition) is 3. The van der Waals surface area contributed by atoms with Gasteiger partial charge in [0.25, 0.3) is 0 Å². The van der Waals surface area contributed by atoms with Gasteiger partial charge in [0.05, 0.1) is 0 Å². The van der Waals surface area contributed by atoms with Crippen molar-refractivity contribution in [3.63, 3.8) is 0 Å². The summed E-state index contributed by atoms with van der Waals surface area (Å²) < 4.78 is 27.6. The molecule has 110 valence electrons. The number of anilines is 1. The van der Waals surface area contributed by atoms with Crippen LogP contribution >= 0.6 is 0 Å². The minimum absolute atomic E-state index is 0.0578. The molecule has 2 rings (SSSR count). The highest BCUT2D eigenvalue weighted by Crippen LogP contribution is 2.22. The Balaban J connectivity index is 2.28. The van der Waals surface area contributed by atoms with Gasteiger partial charge in [-0.15, -0.1) is 0 Å². The lowest BCUT2D eigenvalue weighted by Gasteiger charge is -2.12. The first kappa shape index (κ1) is 14.8. The molecule has 0 fully saturated rings. The molecule has 4 N–H and O–H groups in total. The summed E-state index contributed by atoms with van der Waals surface area (Å²) in [5.74, 6) is -1.35. The predicted octanol–water partition coefficient (Wildman–Crippen LogP) is 2.98. The highest BCUT2D eigenvalue weighted by atomic mass is 19.1. The quantitative estimate of drug-likeness (QED) is 0.351. The molecular formula is C15H15F2N3O. The van der Waals surface area contributed by atoms with Crippen molar-refractivity contribution in [1.82, 2.24) is 0 Å². The first-order valence-corrected chi connectivity index (χ1v) is 6.29. The number of nitrogens with two attached hydrogens (primary N) is 1. The maximum absolute atomic E-state index is 13.9. The van der Waals surface area contributed by atoms with Crippen LogP contribution < -0.4 is 11.1 Å². The Bertz CT molecular complexity index is 687. The molecule has 0 heterocycles. The molecule has 0 amide bonds. The van der Waals surface area contributed by atoms with E-state index in [1.165, 1.54) is 12.1 Å². The molecule has 0 saturated heterocycles. The van der Waals surface area contributed by atoms with Crippen LogP contribution in [-0.4, -0.2) is 11.0 Å². The third-order valence-corrected chi connectivity index (χ3v) is 3.14. The maximum atomic E-state index is 13.9. The Kier molecular flexibility index (Phi) is 4.37. The average Bonchev–Trinajstić information content (AvgIpc) is 2.50. The zero-order chi connectivity index (χ0) is 15.4. The van der Waals surface area contributed by atoms with Crippen molar-refractivity contribution in [3.8, 4) is 0 Å². The second-order valence-corrected chi connectivity index (χ2v) is 4.55. The second-order valence-electron chi connectivity index (χ2n) is 4.55. The number of amidine groups is 1. The van der Waals surface area contributed by atoms with E-state index in [-0.39, 0.29) is 18.1 Å². The van der Waals surface area contributed by atoms with Gasteiger partial charge in [-0.2, -0.15) is 0 Å². The summed E-state index contributed by atoms with van der Waals surface area (Å²) in [5, 5.41) is 14.4. The molecule has 2 aromatic rings. The van der Waals surface area contributed by atoms with Crippen LogP contribution in [0, 0.1) is 18.6 Å². The van der Waals surface area contributed by atoms with Crippen LogP contribution in [0.4, 0.5) is 14.5 Å². The van der Waals surface area contributed by atoms with E-state index in [0.717, 1.165) is 0 Å². The van der Waals surface area contributed by atoms with Gasteiger partial charge in [0.2, 0.25) is 0 Å². The lowest BCUT2D eigenvalue weighted by atomic mass is 10.1. The minimum atomic E-state index is -0.667. The first-order valence-electron chi connectivity index (χ1n) is 6.29. The Morgan fingerprint density at radius 2 is 1.95 bits per heavy atom. The summed E-state index contributed by atoms with van der Waals surface area (Å²) in [6.07, 6.45) is 0. The smallest absolute Gasteiger partial charge is 0.170 e. The zero-order valence-electron chi connectivity index (χ0n) is 11.4. The molecule has 6 heteroatoms. The number of halogens is 2. The largest absolute Gasteiger partial charge is 0.409 e. The number of nitrogens with one attached hydrogen (secondary N) is 1. The van der Waals surface area contributed by atoms with Crippen molar-refractivity contribution in [2.75, 3.05) is 5.32 Å². The van der Waals surface area contributed by atoms with Crippen LogP contribution in [0.25, 0.3) is 0 Å². The van der Waals surface area contributed by atoms with Gasteiger partial charge in [-0.1, -0.05) is 35.5 Å². The van der Waals surface area contributed by atoms with Gasteiger partial charge >= 0.3 is 0 Å². The van der Waals surface area contributed by atoms with E-state index in [4.69, 9.17) is 10.9 Å². The summed E-state index contributed by atoms with van der Waals surface area (Å²) in [6, 6.07) is 9.45. The maximum Gasteiger partial charge on any atom is 0.170 e. The van der Waals surface area contributed by atoms with Gasteiger partial charge in [0.1, 0.15) is 11.5 Å². The molecule has 0 atom stereocenters. The predicted molar refractivity (Wildman–Crippen MR) is 77.4 cm³/mol. The lowest BCUT2D eigenvalue weighted by molar-refractivity contribution is 0.318. The van der Waals surface area contributed by atoms with E-state index in [1.54, 1.807) is 31.2 Å². The molecule has 4 nitrogen and oxygen atoms in total. The van der Waals surface area contributed by atoms with E-state index in [0.29, 0.717) is 16.7 Å². The fraction of sp³-hybridized carbons (Fsp3) is 0.133. The molecule has 0 spiro atoms. The van der Waals surface area contributed by atoms with Crippen LogP contribution in [-0.2, 0) is 6.54 Å². The normalized spacial score (nSPS) is 11.5. The van der Waals surface area contributed by atoms with Crippen molar-refractivity contribution in [3.05, 3.63) is 64.7 Å². The third kappa shape index (κ3) is 3.10. The topological polar surface area (TPSA) is 70.6 Å². The van der Waals surface area contributed by atoms with E-state index in [1.807, 2.05) is 0 Å². The molecule has 2 aromatic carbocycles. The molecule has 0 aliphatic heterocycles. The van der Waals surface area contributed by atoms with Crippen molar-refractivity contribution >= 4 is 11.5 Å². The van der Waals surface area contributed by atoms with E-state index in [2.05, 4.69) is 10.5 Å². The van der Waals surface area contributed by atoms with E-state index in [9.17, 15) is 8.78 Å². The lowest BCUT2D eigenvalue weighted by Crippen LogP contribution is -2.17. The monoisotopic (exact) mass is 291 g/mol. The molecule has 0 bridgehead atoms. The standard InChI is InChI=1S/C15H15F2N3O/c1-9-6-7-12(16)14(13(9)17)19-8-10-4-2-3-5-11(10)15(18)20-21/h2-7,19,21H,8H2,1H3,(H2,18,20). The van der Waals surface area contributed by atoms with Crippen molar-refractivity contribution in [2.24, 2.45) is 10.9 Å². The Morgan fingerprint density at radius 3 is 2.67 bits per heavy atom. The van der Waals surface area contributed by atoms with Gasteiger partial charge < -0.3 is 16.3 Å². The highest BCUT2D eigenvalue weighted by Gasteiger charge is 2.12. The average molecular weight is 291 g/mol. The van der Waals surface area contributed by atoms with Crippen LogP contribution in [0.1, 0.15) is 16.7 Å². The van der Waals surface area contributed by atoms with Gasteiger partial charge in [-0.3, -0.25) is 0 Å². The molecule has 0 saturated carbocycles. The van der Waals surface area contributed by atoms with E-state index < -0.39 is 11.6 Å². The summed E-state index contributed by atoms with van der Waals surface area (Å²) in [7, 11) is 0. The van der Waals surface area contributed by atoms with Crippen LogP contribution in [0.15, 0.2) is 41.6 Å². The molecule has 0 aliphatic rings. The zero-order valence-corrected chi connectivity index (χ0v) is 11.4. The van der Waals surface area contributed by atoms with E-state index >= 15 is 0 Å². The molecular weight excluding hydrogens is 276 g/mol. The third-order valence-electron chi connectivity index (χ3n) is 3.14. The summed E-state index contributed by atoms with van der Waals surface area (Å²) in [4.78, 5) is 0. The number of rotatable bonds is 4. The molecule has 21 heavy (non-hydrogen) atoms. The van der Waals surface area contributed by atoms with Crippen molar-refractivity contribution in [2.45, 2.75) is 13.5 Å². The summed E-state index contributed by atoms with van der Waals surface area (Å²) >= 11 is 0. The molecule has 0 aliphatic carbocycles. The minimum Gasteiger partial charge on any atom is -0.409 e. The number of hydrogen-bond donors (Lipinski definition) is 3. The van der Waals surface area contributed by atoms with Crippen LogP contribution in [0.2, 0.25) is 0 Å². The number of aryl methyl sites for hydroxylation is 1. The first-order chi connectivity index (χ1) is 10.0. The van der Waals surface area contributed by atoms with Crippen LogP contribution in [0.5, 0.6) is 0 Å². The highest BCUT2D eigenvalue weighted by molar-refractivity contribution is 5.98. The Labute approximate surface area is 120 Å². The Hall–Kier alpha value is -2.63. The van der Waals surface area contributed by atoms with Crippen molar-refractivity contribution < 1.29 is 14.0 Å². The molecule has 0 radical (unpaired) electrons. The Morgan fingerprint density at radius 1 is 1.24 bits per heavy atom. The SMILES string of the molecule is Cc1ccc(F)c(NCc2ccccc2/C(N)=N/O)c1F. The van der Waals surface area contributed by atoms with Gasteiger partial charge in [0.15, 0.2) is 11.7 Å². The number of nitrogens with zero attached hydrogens (tertiary/aromatic N) is 1.